The van der Waals surface area contributed by atoms with Crippen LogP contribution in [-0.2, 0) is 0 Å². The molecule has 0 aliphatic carbocycles. The van der Waals surface area contributed by atoms with Crippen molar-refractivity contribution >= 4 is 11.8 Å². The first-order valence-corrected chi connectivity index (χ1v) is 2.83. The van der Waals surface area contributed by atoms with Crippen molar-refractivity contribution in [2.75, 3.05) is 0 Å². The van der Waals surface area contributed by atoms with Crippen molar-refractivity contribution in [1.82, 2.24) is 14.8 Å². The maximum atomic E-state index is 10.6. The number of aromatic nitrogens is 3. The van der Waals surface area contributed by atoms with E-state index in [9.17, 15) is 9.59 Å². The van der Waals surface area contributed by atoms with E-state index in [2.05, 4.69) is 10.1 Å². The third-order valence-corrected chi connectivity index (χ3v) is 1.03. The Kier molecular flexibility index (Phi) is 1.67. The summed E-state index contributed by atoms with van der Waals surface area (Å²) in [7, 11) is 0. The Labute approximate surface area is 62.0 Å². The molecule has 0 radical (unpaired) electrons. The number of carbonyl (C=O) groups is 2. The predicted octanol–water partition coefficient (Wildman–Crippen LogP) is -0.963. The van der Waals surface area contributed by atoms with Gasteiger partial charge in [-0.3, -0.25) is 9.59 Å². The molecule has 0 bridgehead atoms. The topological polar surface area (TPSA) is 90.9 Å². The van der Waals surface area contributed by atoms with Crippen LogP contribution in [-0.4, -0.2) is 26.6 Å². The lowest BCUT2D eigenvalue weighted by Crippen LogP contribution is -2.14. The minimum atomic E-state index is -0.745. The molecule has 6 nitrogen and oxygen atoms in total. The van der Waals surface area contributed by atoms with Gasteiger partial charge in [0.25, 0.3) is 5.91 Å². The van der Waals surface area contributed by atoms with Crippen molar-refractivity contribution < 1.29 is 9.59 Å². The molecule has 0 atom stereocenters. The van der Waals surface area contributed by atoms with Crippen molar-refractivity contribution in [1.29, 1.82) is 0 Å². The highest BCUT2D eigenvalue weighted by Gasteiger charge is 2.07. The van der Waals surface area contributed by atoms with Gasteiger partial charge in [-0.2, -0.15) is 4.68 Å². The third-order valence-electron chi connectivity index (χ3n) is 1.03. The molecular weight excluding hydrogens is 148 g/mol. The summed E-state index contributed by atoms with van der Waals surface area (Å²) in [6.45, 7) is 1.31. The Morgan fingerprint density at radius 2 is 2.27 bits per heavy atom. The Balaban J connectivity index is 2.99. The quantitative estimate of drug-likeness (QED) is 0.563. The first-order valence-electron chi connectivity index (χ1n) is 2.83. The van der Waals surface area contributed by atoms with Gasteiger partial charge in [0.2, 0.25) is 11.7 Å². The summed E-state index contributed by atoms with van der Waals surface area (Å²) < 4.78 is 0.945. The Morgan fingerprint density at radius 3 is 2.55 bits per heavy atom. The summed E-state index contributed by atoms with van der Waals surface area (Å²) in [5.74, 6) is -1.21. The monoisotopic (exact) mass is 154 g/mol. The van der Waals surface area contributed by atoms with Crippen LogP contribution >= 0.6 is 0 Å². The molecule has 0 spiro atoms. The van der Waals surface area contributed by atoms with Crippen molar-refractivity contribution in [3.8, 4) is 0 Å². The van der Waals surface area contributed by atoms with Crippen LogP contribution in [0, 0.1) is 0 Å². The van der Waals surface area contributed by atoms with Gasteiger partial charge >= 0.3 is 0 Å². The van der Waals surface area contributed by atoms with Gasteiger partial charge in [-0.15, -0.1) is 5.10 Å². The molecule has 1 amide bonds. The normalized spacial score (nSPS) is 9.55. The molecule has 0 fully saturated rings. The summed E-state index contributed by atoms with van der Waals surface area (Å²) in [5.41, 5.74) is 4.84. The first kappa shape index (κ1) is 7.39. The number of hydrogen-bond donors (Lipinski definition) is 1. The average Bonchev–Trinajstić information content (AvgIpc) is 2.33. The summed E-state index contributed by atoms with van der Waals surface area (Å²) in [5, 5.41) is 3.49. The maximum absolute atomic E-state index is 10.6. The van der Waals surface area contributed by atoms with E-state index in [-0.39, 0.29) is 11.7 Å². The molecule has 0 saturated heterocycles. The predicted molar refractivity (Wildman–Crippen MR) is 34.8 cm³/mol. The maximum Gasteiger partial charge on any atom is 0.288 e. The Morgan fingerprint density at radius 1 is 1.64 bits per heavy atom. The zero-order valence-electron chi connectivity index (χ0n) is 5.81. The SMILES string of the molecule is CC(=O)n1cnc(C(N)=O)n1. The number of rotatable bonds is 1. The van der Waals surface area contributed by atoms with Crippen LogP contribution < -0.4 is 5.73 Å². The molecule has 0 aliphatic heterocycles. The van der Waals surface area contributed by atoms with Crippen molar-refractivity contribution in [2.24, 2.45) is 5.73 Å². The van der Waals surface area contributed by atoms with Gasteiger partial charge in [-0.25, -0.2) is 4.98 Å². The van der Waals surface area contributed by atoms with Crippen LogP contribution in [0.4, 0.5) is 0 Å². The summed E-state index contributed by atoms with van der Waals surface area (Å²) in [6.07, 6.45) is 1.14. The standard InChI is InChI=1S/C5H6N4O2/c1-3(10)9-2-7-5(8-9)4(6)11/h2H,1H3,(H2,6,11). The number of nitrogens with two attached hydrogens (primary N) is 1. The molecule has 1 rings (SSSR count). The lowest BCUT2D eigenvalue weighted by Gasteiger charge is -1.87. The van der Waals surface area contributed by atoms with Gasteiger partial charge in [0.05, 0.1) is 0 Å². The van der Waals surface area contributed by atoms with Crippen molar-refractivity contribution in [3.05, 3.63) is 12.2 Å². The van der Waals surface area contributed by atoms with Crippen LogP contribution in [0.3, 0.4) is 0 Å². The molecule has 0 unspecified atom stereocenters. The van der Waals surface area contributed by atoms with E-state index in [0.29, 0.717) is 0 Å². The summed E-state index contributed by atoms with van der Waals surface area (Å²) in [4.78, 5) is 24.5. The third kappa shape index (κ3) is 1.40. The van der Waals surface area contributed by atoms with Crippen LogP contribution in [0.2, 0.25) is 0 Å². The van der Waals surface area contributed by atoms with Gasteiger partial charge in [0.1, 0.15) is 6.33 Å². The van der Waals surface area contributed by atoms with E-state index < -0.39 is 5.91 Å². The van der Waals surface area contributed by atoms with Gasteiger partial charge in [-0.05, 0) is 0 Å². The van der Waals surface area contributed by atoms with Crippen LogP contribution in [0.15, 0.2) is 6.33 Å². The second-order valence-electron chi connectivity index (χ2n) is 1.90. The number of hydrogen-bond acceptors (Lipinski definition) is 4. The highest BCUT2D eigenvalue weighted by Crippen LogP contribution is 1.87. The molecule has 0 aromatic carbocycles. The second kappa shape index (κ2) is 2.49. The largest absolute Gasteiger partial charge is 0.363 e. The molecule has 0 saturated carbocycles. The molecule has 0 aliphatic rings. The average molecular weight is 154 g/mol. The van der Waals surface area contributed by atoms with Gasteiger partial charge in [0.15, 0.2) is 0 Å². The molecule has 1 aromatic heterocycles. The number of carbonyl (C=O) groups excluding carboxylic acids is 2. The van der Waals surface area contributed by atoms with Gasteiger partial charge in [0, 0.05) is 6.92 Å². The second-order valence-corrected chi connectivity index (χ2v) is 1.90. The summed E-state index contributed by atoms with van der Waals surface area (Å²) in [6, 6.07) is 0. The van der Waals surface area contributed by atoms with E-state index in [4.69, 9.17) is 5.73 Å². The van der Waals surface area contributed by atoms with E-state index in [0.717, 1.165) is 11.0 Å². The molecule has 1 aromatic rings. The molecule has 1 heterocycles. The number of nitrogens with zero attached hydrogens (tertiary/aromatic N) is 3. The van der Waals surface area contributed by atoms with Crippen LogP contribution in [0.1, 0.15) is 22.3 Å². The minimum absolute atomic E-state index is 0.153. The molecule has 11 heavy (non-hydrogen) atoms. The number of amides is 1. The zero-order valence-corrected chi connectivity index (χ0v) is 5.81. The van der Waals surface area contributed by atoms with E-state index >= 15 is 0 Å². The fourth-order valence-corrected chi connectivity index (χ4v) is 0.528. The highest BCUT2D eigenvalue weighted by atomic mass is 16.2. The molecule has 2 N–H and O–H groups in total. The first-order chi connectivity index (χ1) is 5.11. The fraction of sp³-hybridized carbons (Fsp3) is 0.200. The van der Waals surface area contributed by atoms with Crippen LogP contribution in [0.25, 0.3) is 0 Å². The highest BCUT2D eigenvalue weighted by molar-refractivity contribution is 5.89. The van der Waals surface area contributed by atoms with Crippen molar-refractivity contribution in [2.45, 2.75) is 6.92 Å². The lowest BCUT2D eigenvalue weighted by molar-refractivity contribution is 0.0920. The van der Waals surface area contributed by atoms with Gasteiger partial charge in [-0.1, -0.05) is 0 Å². The summed E-state index contributed by atoms with van der Waals surface area (Å²) >= 11 is 0. The number of primary amides is 1. The molecule has 6 heteroatoms. The zero-order chi connectivity index (χ0) is 8.43. The fourth-order valence-electron chi connectivity index (χ4n) is 0.528. The minimum Gasteiger partial charge on any atom is -0.363 e. The van der Waals surface area contributed by atoms with Gasteiger partial charge < -0.3 is 5.73 Å². The van der Waals surface area contributed by atoms with E-state index in [1.165, 1.54) is 6.92 Å². The van der Waals surface area contributed by atoms with Crippen molar-refractivity contribution in [3.63, 3.8) is 0 Å². The molecule has 58 valence electrons. The van der Waals surface area contributed by atoms with E-state index in [1.54, 1.807) is 0 Å². The molecular formula is C5H6N4O2. The van der Waals surface area contributed by atoms with E-state index in [1.807, 2.05) is 0 Å². The smallest absolute Gasteiger partial charge is 0.288 e. The Hall–Kier alpha value is -1.72. The Bertz CT molecular complexity index is 275. The lowest BCUT2D eigenvalue weighted by atomic mass is 10.6. The van der Waals surface area contributed by atoms with Crippen LogP contribution in [0.5, 0.6) is 0 Å².